The van der Waals surface area contributed by atoms with E-state index in [1.54, 1.807) is 20.9 Å². The van der Waals surface area contributed by atoms with E-state index >= 15 is 4.39 Å². The zero-order valence-electron chi connectivity index (χ0n) is 26.4. The lowest BCUT2D eigenvalue weighted by atomic mass is 10.0. The van der Waals surface area contributed by atoms with Crippen molar-refractivity contribution in [1.82, 2.24) is 24.6 Å². The number of carbonyl (C=O) groups is 1. The number of hydrogen-bond acceptors (Lipinski definition) is 11. The van der Waals surface area contributed by atoms with Crippen LogP contribution in [0.15, 0.2) is 48.8 Å². The molecular weight excluding hydrogens is 652 g/mol. The molecule has 1 aliphatic heterocycles. The molecule has 1 saturated heterocycles. The number of rotatable bonds is 13. The minimum absolute atomic E-state index is 0.0317. The zero-order valence-corrected chi connectivity index (χ0v) is 28.0. The molecule has 3 heterocycles. The molecule has 1 saturated carbocycles. The first-order valence-corrected chi connectivity index (χ1v) is 17.7. The van der Waals surface area contributed by atoms with Gasteiger partial charge in [0.05, 0.1) is 18.3 Å². The number of fused-ring (bicyclic) bond motifs is 3. The van der Waals surface area contributed by atoms with Crippen molar-refractivity contribution in [3.05, 3.63) is 54.4 Å². The molecule has 5 N–H and O–H groups in total. The Morgan fingerprint density at radius 3 is 2.68 bits per heavy atom. The van der Waals surface area contributed by atoms with E-state index in [9.17, 15) is 14.5 Å². The van der Waals surface area contributed by atoms with Gasteiger partial charge in [-0.15, -0.1) is 11.6 Å². The molecule has 2 aliphatic rings. The molecule has 16 heteroatoms. The third-order valence-electron chi connectivity index (χ3n) is 8.72. The summed E-state index contributed by atoms with van der Waals surface area (Å²) in [6.45, 7) is 4.91. The van der Waals surface area contributed by atoms with Crippen molar-refractivity contribution in [2.45, 2.75) is 75.5 Å². The molecule has 2 unspecified atom stereocenters. The van der Waals surface area contributed by atoms with E-state index in [0.717, 1.165) is 16.3 Å². The average Bonchev–Trinajstić information content (AvgIpc) is 3.26. The molecule has 2 aromatic heterocycles. The molecule has 0 spiro atoms. The number of aliphatic hydroxyl groups is 1. The van der Waals surface area contributed by atoms with Crippen LogP contribution < -0.4 is 16.1 Å². The summed E-state index contributed by atoms with van der Waals surface area (Å²) in [4.78, 5) is 25.3. The van der Waals surface area contributed by atoms with Gasteiger partial charge in [-0.3, -0.25) is 13.9 Å². The number of nitrogens with zero attached hydrogens (tertiary/aromatic N) is 4. The molecule has 0 bridgehead atoms. The van der Waals surface area contributed by atoms with Crippen LogP contribution in [0.5, 0.6) is 0 Å². The van der Waals surface area contributed by atoms with Crippen LogP contribution in [0.4, 0.5) is 16.2 Å². The molecule has 47 heavy (non-hydrogen) atoms. The van der Waals surface area contributed by atoms with Crippen LogP contribution in [0.2, 0.25) is 0 Å². The first kappa shape index (κ1) is 33.5. The molecular formula is C31H38ClFN7O6P. The number of benzene rings is 2. The van der Waals surface area contributed by atoms with E-state index < -0.39 is 55.3 Å². The van der Waals surface area contributed by atoms with E-state index in [0.29, 0.717) is 24.2 Å². The molecule has 6 rings (SSSR count). The lowest BCUT2D eigenvalue weighted by Crippen LogP contribution is -2.38. The molecule has 2 fully saturated rings. The van der Waals surface area contributed by atoms with Crippen molar-refractivity contribution in [3.8, 4) is 0 Å². The van der Waals surface area contributed by atoms with Gasteiger partial charge >= 0.3 is 5.97 Å². The van der Waals surface area contributed by atoms with Crippen LogP contribution in [-0.2, 0) is 29.8 Å². The van der Waals surface area contributed by atoms with E-state index in [1.165, 1.54) is 17.8 Å². The van der Waals surface area contributed by atoms with Gasteiger partial charge in [-0.05, 0) is 49.9 Å². The van der Waals surface area contributed by atoms with Crippen LogP contribution in [0.25, 0.3) is 21.9 Å². The number of halogens is 2. The summed E-state index contributed by atoms with van der Waals surface area (Å²) >= 11 is 6.34. The van der Waals surface area contributed by atoms with Gasteiger partial charge in [0.2, 0.25) is 5.95 Å². The Labute approximate surface area is 275 Å². The third kappa shape index (κ3) is 5.74. The number of aryl methyl sites for hydroxylation is 1. The number of nitrogens with two attached hydrogens (primary N) is 1. The quantitative estimate of drug-likeness (QED) is 0.0889. The number of nitrogen functional groups attached to an aromatic ring is 1. The number of imidazole rings is 1. The fourth-order valence-electron chi connectivity index (χ4n) is 6.36. The number of hydrogen-bond donors (Lipinski definition) is 4. The first-order valence-electron chi connectivity index (χ1n) is 15.4. The highest BCUT2D eigenvalue weighted by molar-refractivity contribution is 7.57. The summed E-state index contributed by atoms with van der Waals surface area (Å²) in [6.07, 6.45) is -3.09. The van der Waals surface area contributed by atoms with E-state index in [4.69, 9.17) is 31.3 Å². The second-order valence-corrected chi connectivity index (χ2v) is 14.8. The minimum atomic E-state index is -3.96. The van der Waals surface area contributed by atoms with Crippen molar-refractivity contribution < 1.29 is 32.9 Å². The molecule has 1 aliphatic carbocycles. The number of ether oxygens (including phenoxy) is 2. The lowest BCUT2D eigenvalue weighted by Gasteiger charge is -2.28. The number of alkyl halides is 2. The zero-order chi connectivity index (χ0) is 33.7. The van der Waals surface area contributed by atoms with Crippen LogP contribution in [-0.4, -0.2) is 85.3 Å². The number of esters is 1. The molecule has 0 radical (unpaired) electrons. The summed E-state index contributed by atoms with van der Waals surface area (Å²) in [5.41, 5.74) is 3.39. The highest BCUT2D eigenvalue weighted by Crippen LogP contribution is 2.69. The molecule has 4 aromatic rings. The van der Waals surface area contributed by atoms with Gasteiger partial charge in [-0.25, -0.2) is 14.5 Å². The van der Waals surface area contributed by atoms with Crippen molar-refractivity contribution >= 4 is 58.8 Å². The van der Waals surface area contributed by atoms with Gasteiger partial charge in [0.1, 0.15) is 17.7 Å². The molecule has 2 aromatic carbocycles. The van der Waals surface area contributed by atoms with E-state index in [-0.39, 0.29) is 23.6 Å². The third-order valence-corrected chi connectivity index (χ3v) is 11.4. The predicted molar refractivity (Wildman–Crippen MR) is 176 cm³/mol. The Morgan fingerprint density at radius 2 is 1.98 bits per heavy atom. The minimum Gasteiger partial charge on any atom is -0.462 e. The molecule has 252 valence electrons. The van der Waals surface area contributed by atoms with Crippen molar-refractivity contribution in [3.63, 3.8) is 0 Å². The second kappa shape index (κ2) is 12.6. The Kier molecular flexibility index (Phi) is 8.96. The Bertz CT molecular complexity index is 1850. The van der Waals surface area contributed by atoms with Crippen LogP contribution in [0.1, 0.15) is 39.0 Å². The van der Waals surface area contributed by atoms with E-state index in [2.05, 4.69) is 25.4 Å². The maximum Gasteiger partial charge on any atom is 0.323 e. The fraction of sp³-hybridized carbons (Fsp3) is 0.484. The highest BCUT2D eigenvalue weighted by atomic mass is 35.5. The van der Waals surface area contributed by atoms with Crippen molar-refractivity contribution in [2.24, 2.45) is 0 Å². The Morgan fingerprint density at radius 1 is 1.23 bits per heavy atom. The standard InChI is InChI=1S/C31H38ClFN7O6P/c1-17(2)44-27(41)18(3)39-47(43,14-8-12-20-11-7-10-19-9-5-6-13-21(19)20)46-28-30(15-32)31(28,42)23(33)26(45-30)40-16-36-22-24(35-4)37-29(34)38-25(22)40/h5-7,9-11,13,16-18,23,26,28,42H,8,12,14-15H2,1-4H3,(H,39,43)(H3,34,35,37,38)/t18-,23-,26+,28?,30+,31+,47?/m0/s1. The highest BCUT2D eigenvalue weighted by Gasteiger charge is 2.89. The van der Waals surface area contributed by atoms with Gasteiger partial charge in [0.25, 0.3) is 7.52 Å². The largest absolute Gasteiger partial charge is 0.462 e. The Hall–Kier alpha value is -3.39. The van der Waals surface area contributed by atoms with Gasteiger partial charge < -0.3 is 30.2 Å². The molecule has 13 nitrogen and oxygen atoms in total. The fourth-order valence-corrected chi connectivity index (χ4v) is 9.01. The van der Waals surface area contributed by atoms with Crippen LogP contribution in [0, 0.1) is 0 Å². The summed E-state index contributed by atoms with van der Waals surface area (Å²) in [5, 5.41) is 19.6. The maximum atomic E-state index is 16.4. The van der Waals surface area contributed by atoms with Gasteiger partial charge in [0, 0.05) is 13.2 Å². The molecule has 7 atom stereocenters. The lowest BCUT2D eigenvalue weighted by molar-refractivity contribution is -0.149. The SMILES string of the molecule is CNc1nc(N)nc2c1ncn2[C@@H]1O[C@]2(CCl)C(OP(=O)(CCCc3cccc4ccccc34)N[C@@H](C)C(=O)OC(C)C)[C@]2(O)[C@H]1F. The molecule has 0 amide bonds. The van der Waals surface area contributed by atoms with Crippen molar-refractivity contribution in [1.29, 1.82) is 0 Å². The predicted octanol–water partition coefficient (Wildman–Crippen LogP) is 4.33. The van der Waals surface area contributed by atoms with Crippen LogP contribution in [0.3, 0.4) is 0 Å². The second-order valence-electron chi connectivity index (χ2n) is 12.2. The number of aromatic nitrogens is 4. The maximum absolute atomic E-state index is 16.4. The summed E-state index contributed by atoms with van der Waals surface area (Å²) in [5.74, 6) is -0.752. The average molecular weight is 690 g/mol. The summed E-state index contributed by atoms with van der Waals surface area (Å²) in [6, 6.07) is 12.9. The van der Waals surface area contributed by atoms with Crippen LogP contribution >= 0.6 is 19.1 Å². The number of carbonyl (C=O) groups excluding carboxylic acids is 1. The van der Waals surface area contributed by atoms with E-state index in [1.807, 2.05) is 42.5 Å². The smallest absolute Gasteiger partial charge is 0.323 e. The summed E-state index contributed by atoms with van der Waals surface area (Å²) in [7, 11) is -2.33. The van der Waals surface area contributed by atoms with Gasteiger partial charge in [0.15, 0.2) is 35.0 Å². The monoisotopic (exact) mass is 689 g/mol. The topological polar surface area (TPSA) is 176 Å². The van der Waals surface area contributed by atoms with Gasteiger partial charge in [-0.1, -0.05) is 42.5 Å². The first-order chi connectivity index (χ1) is 22.4. The normalized spacial score (nSPS) is 27.1. The van der Waals surface area contributed by atoms with Gasteiger partial charge in [-0.2, -0.15) is 9.97 Å². The Balaban J connectivity index is 1.25. The summed E-state index contributed by atoms with van der Waals surface area (Å²) < 4.78 is 49.7. The number of anilines is 2. The number of nitrogens with one attached hydrogen (secondary N) is 2. The van der Waals surface area contributed by atoms with Crippen molar-refractivity contribution in [2.75, 3.05) is 30.1 Å².